The van der Waals surface area contributed by atoms with Gasteiger partial charge in [0.1, 0.15) is 12.4 Å². The fraction of sp³-hybridized carbons (Fsp3) is 0.118. The average Bonchev–Trinajstić information content (AvgIpc) is 2.54. The molecule has 1 amide bonds. The first-order valence-electron chi connectivity index (χ1n) is 6.71. The molecule has 0 saturated carbocycles. The van der Waals surface area contributed by atoms with Gasteiger partial charge in [0.05, 0.1) is 5.02 Å². The van der Waals surface area contributed by atoms with Gasteiger partial charge in [-0.15, -0.1) is 0 Å². The number of carbonyl (C=O) groups is 1. The summed E-state index contributed by atoms with van der Waals surface area (Å²) in [6.45, 7) is 0.534. The lowest BCUT2D eigenvalue weighted by Crippen LogP contribution is -2.24. The monoisotopic (exact) mass is 319 g/mol. The van der Waals surface area contributed by atoms with Gasteiger partial charge in [0.15, 0.2) is 0 Å². The number of ether oxygens (including phenoxy) is 1. The standard InChI is InChI=1S/C17H15ClFNO2/c18-15-11-13(8-9-16(15)19)7-4-10-20-17(21)22-12-14-5-2-1-3-6-14/h1-9,11H,10,12H2,(H,20,21). The SMILES string of the molecule is O=C(NCC=Cc1ccc(F)c(Cl)c1)OCc1ccccc1. The maximum Gasteiger partial charge on any atom is 0.407 e. The van der Waals surface area contributed by atoms with E-state index in [0.717, 1.165) is 11.1 Å². The summed E-state index contributed by atoms with van der Waals surface area (Å²) in [6.07, 6.45) is 2.97. The highest BCUT2D eigenvalue weighted by Gasteiger charge is 2.01. The third-order valence-electron chi connectivity index (χ3n) is 2.83. The maximum atomic E-state index is 13.0. The van der Waals surface area contributed by atoms with Crippen LogP contribution in [0.2, 0.25) is 5.02 Å². The molecule has 0 aliphatic rings. The van der Waals surface area contributed by atoms with Crippen molar-refractivity contribution in [2.75, 3.05) is 6.54 Å². The average molecular weight is 320 g/mol. The number of amides is 1. The number of nitrogens with one attached hydrogen (secondary N) is 1. The predicted octanol–water partition coefficient (Wildman–Crippen LogP) is 4.42. The van der Waals surface area contributed by atoms with Crippen LogP contribution in [0.5, 0.6) is 0 Å². The Morgan fingerprint density at radius 2 is 2.00 bits per heavy atom. The van der Waals surface area contributed by atoms with Gasteiger partial charge < -0.3 is 10.1 Å². The van der Waals surface area contributed by atoms with Crippen LogP contribution in [0.1, 0.15) is 11.1 Å². The molecule has 0 aliphatic heterocycles. The van der Waals surface area contributed by atoms with Gasteiger partial charge in [-0.2, -0.15) is 0 Å². The summed E-state index contributed by atoms with van der Waals surface area (Å²) >= 11 is 5.68. The van der Waals surface area contributed by atoms with Gasteiger partial charge in [0.25, 0.3) is 0 Å². The van der Waals surface area contributed by atoms with Crippen molar-refractivity contribution in [3.63, 3.8) is 0 Å². The van der Waals surface area contributed by atoms with E-state index in [-0.39, 0.29) is 11.6 Å². The lowest BCUT2D eigenvalue weighted by molar-refractivity contribution is 0.141. The highest BCUT2D eigenvalue weighted by atomic mass is 35.5. The molecule has 0 atom stereocenters. The summed E-state index contributed by atoms with van der Waals surface area (Å²) in [5.41, 5.74) is 1.68. The van der Waals surface area contributed by atoms with Crippen LogP contribution in [0.25, 0.3) is 6.08 Å². The molecular formula is C17H15ClFNO2. The van der Waals surface area contributed by atoms with E-state index >= 15 is 0 Å². The first-order chi connectivity index (χ1) is 10.6. The minimum atomic E-state index is -0.495. The van der Waals surface area contributed by atoms with Crippen LogP contribution in [0, 0.1) is 5.82 Å². The maximum absolute atomic E-state index is 13.0. The molecule has 0 bridgehead atoms. The summed E-state index contributed by atoms with van der Waals surface area (Å²) in [7, 11) is 0. The normalized spacial score (nSPS) is 10.6. The zero-order valence-corrected chi connectivity index (χ0v) is 12.5. The molecule has 0 aliphatic carbocycles. The quantitative estimate of drug-likeness (QED) is 0.886. The van der Waals surface area contributed by atoms with E-state index in [9.17, 15) is 9.18 Å². The molecule has 0 fully saturated rings. The summed E-state index contributed by atoms with van der Waals surface area (Å²) < 4.78 is 18.0. The zero-order chi connectivity index (χ0) is 15.8. The van der Waals surface area contributed by atoms with E-state index in [1.54, 1.807) is 18.2 Å². The molecule has 0 saturated heterocycles. The second kappa shape index (κ2) is 8.20. The van der Waals surface area contributed by atoms with Gasteiger partial charge in [-0.3, -0.25) is 0 Å². The smallest absolute Gasteiger partial charge is 0.407 e. The number of benzene rings is 2. The van der Waals surface area contributed by atoms with Gasteiger partial charge in [-0.05, 0) is 23.3 Å². The summed E-state index contributed by atoms with van der Waals surface area (Å²) in [6, 6.07) is 13.8. The van der Waals surface area contributed by atoms with Crippen molar-refractivity contribution >= 4 is 23.8 Å². The molecule has 0 spiro atoms. The largest absolute Gasteiger partial charge is 0.445 e. The van der Waals surface area contributed by atoms with E-state index in [2.05, 4.69) is 5.32 Å². The van der Waals surface area contributed by atoms with Crippen LogP contribution >= 0.6 is 11.6 Å². The van der Waals surface area contributed by atoms with Crippen molar-refractivity contribution in [2.45, 2.75) is 6.61 Å². The lowest BCUT2D eigenvalue weighted by atomic mass is 10.2. The fourth-order valence-electron chi connectivity index (χ4n) is 1.73. The molecule has 2 aromatic carbocycles. The second-order valence-electron chi connectivity index (χ2n) is 4.52. The molecule has 2 rings (SSSR count). The van der Waals surface area contributed by atoms with Gasteiger partial charge in [0.2, 0.25) is 0 Å². The molecule has 3 nitrogen and oxygen atoms in total. The Hall–Kier alpha value is -2.33. The van der Waals surface area contributed by atoms with Crippen molar-refractivity contribution < 1.29 is 13.9 Å². The van der Waals surface area contributed by atoms with Crippen LogP contribution < -0.4 is 5.32 Å². The lowest BCUT2D eigenvalue weighted by Gasteiger charge is -2.05. The number of alkyl carbamates (subject to hydrolysis) is 1. The molecule has 114 valence electrons. The molecule has 1 N–H and O–H groups in total. The first kappa shape index (κ1) is 16.0. The summed E-state index contributed by atoms with van der Waals surface area (Å²) in [5.74, 6) is -0.457. The van der Waals surface area contributed by atoms with E-state index in [4.69, 9.17) is 16.3 Å². The predicted molar refractivity (Wildman–Crippen MR) is 85.1 cm³/mol. The molecule has 0 heterocycles. The highest BCUT2D eigenvalue weighted by Crippen LogP contribution is 2.16. The molecule has 5 heteroatoms. The molecule has 22 heavy (non-hydrogen) atoms. The van der Waals surface area contributed by atoms with Gasteiger partial charge in [-0.1, -0.05) is 60.2 Å². The fourth-order valence-corrected chi connectivity index (χ4v) is 1.92. The Labute approximate surface area is 133 Å². The number of hydrogen-bond donors (Lipinski definition) is 1. The van der Waals surface area contributed by atoms with E-state index in [1.807, 2.05) is 30.3 Å². The van der Waals surface area contributed by atoms with Crippen molar-refractivity contribution in [1.29, 1.82) is 0 Å². The third kappa shape index (κ3) is 5.22. The summed E-state index contributed by atoms with van der Waals surface area (Å²) in [4.78, 5) is 11.5. The Bertz CT molecular complexity index is 659. The molecule has 0 aromatic heterocycles. The van der Waals surface area contributed by atoms with Crippen LogP contribution in [-0.2, 0) is 11.3 Å². The van der Waals surface area contributed by atoms with Crippen LogP contribution in [-0.4, -0.2) is 12.6 Å². The molecule has 2 aromatic rings. The Balaban J connectivity index is 1.72. The molecular weight excluding hydrogens is 305 g/mol. The van der Waals surface area contributed by atoms with Gasteiger partial charge in [0, 0.05) is 6.54 Å². The highest BCUT2D eigenvalue weighted by molar-refractivity contribution is 6.30. The minimum absolute atomic E-state index is 0.0670. The Kier molecular flexibility index (Phi) is 5.98. The third-order valence-corrected chi connectivity index (χ3v) is 3.12. The Morgan fingerprint density at radius 1 is 1.23 bits per heavy atom. The summed E-state index contributed by atoms with van der Waals surface area (Å²) in [5, 5.41) is 2.66. The first-order valence-corrected chi connectivity index (χ1v) is 7.09. The van der Waals surface area contributed by atoms with Gasteiger partial charge in [-0.25, -0.2) is 9.18 Å². The molecule has 0 radical (unpaired) electrons. The zero-order valence-electron chi connectivity index (χ0n) is 11.8. The van der Waals surface area contributed by atoms with Crippen LogP contribution in [0.4, 0.5) is 9.18 Å². The van der Waals surface area contributed by atoms with Crippen molar-refractivity contribution in [1.82, 2.24) is 5.32 Å². The van der Waals surface area contributed by atoms with E-state index in [0.29, 0.717) is 6.54 Å². The number of rotatable bonds is 5. The van der Waals surface area contributed by atoms with Crippen LogP contribution in [0.3, 0.4) is 0 Å². The van der Waals surface area contributed by atoms with Crippen LogP contribution in [0.15, 0.2) is 54.6 Å². The number of hydrogen-bond acceptors (Lipinski definition) is 2. The van der Waals surface area contributed by atoms with Gasteiger partial charge >= 0.3 is 6.09 Å². The Morgan fingerprint density at radius 3 is 2.73 bits per heavy atom. The minimum Gasteiger partial charge on any atom is -0.445 e. The van der Waals surface area contributed by atoms with E-state index in [1.165, 1.54) is 12.1 Å². The second-order valence-corrected chi connectivity index (χ2v) is 4.93. The molecule has 0 unspecified atom stereocenters. The van der Waals surface area contributed by atoms with E-state index < -0.39 is 11.9 Å². The van der Waals surface area contributed by atoms with Crippen molar-refractivity contribution in [3.8, 4) is 0 Å². The topological polar surface area (TPSA) is 38.3 Å². The number of halogens is 2. The van der Waals surface area contributed by atoms with Crippen molar-refractivity contribution in [2.24, 2.45) is 0 Å². The number of carbonyl (C=O) groups excluding carboxylic acids is 1. The van der Waals surface area contributed by atoms with Crippen molar-refractivity contribution in [3.05, 3.63) is 76.6 Å².